The Morgan fingerprint density at radius 3 is 2.80 bits per heavy atom. The number of hydrogen-bond acceptors (Lipinski definition) is 4. The molecule has 6 nitrogen and oxygen atoms in total. The van der Waals surface area contributed by atoms with E-state index in [1.807, 2.05) is 24.3 Å². The molecule has 0 bridgehead atoms. The Hall–Kier alpha value is -2.89. The van der Waals surface area contributed by atoms with Gasteiger partial charge >= 0.3 is 0 Å². The Kier molecular flexibility index (Phi) is 4.97. The Bertz CT molecular complexity index is 774. The lowest BCUT2D eigenvalue weighted by Gasteiger charge is -2.20. The SMILES string of the molecule is CCc1ccccc1N1CC(C(=O)Nc2ccc(OC)nc2)CC1=O. The highest BCUT2D eigenvalue weighted by Crippen LogP contribution is 2.29. The van der Waals surface area contributed by atoms with E-state index in [0.29, 0.717) is 18.1 Å². The van der Waals surface area contributed by atoms with E-state index >= 15 is 0 Å². The molecule has 2 amide bonds. The number of para-hydroxylation sites is 1. The maximum atomic E-state index is 12.5. The van der Waals surface area contributed by atoms with Crippen LogP contribution in [0.2, 0.25) is 0 Å². The highest BCUT2D eigenvalue weighted by molar-refractivity contribution is 6.03. The van der Waals surface area contributed by atoms with Crippen molar-refractivity contribution >= 4 is 23.2 Å². The molecule has 6 heteroatoms. The van der Waals surface area contributed by atoms with Crippen molar-refractivity contribution in [2.75, 3.05) is 23.9 Å². The van der Waals surface area contributed by atoms with Gasteiger partial charge < -0.3 is 15.0 Å². The first-order valence-corrected chi connectivity index (χ1v) is 8.31. The molecule has 1 aliphatic heterocycles. The van der Waals surface area contributed by atoms with Gasteiger partial charge in [-0.25, -0.2) is 4.98 Å². The van der Waals surface area contributed by atoms with Crippen LogP contribution in [0.3, 0.4) is 0 Å². The molecule has 25 heavy (non-hydrogen) atoms. The van der Waals surface area contributed by atoms with Crippen molar-refractivity contribution in [2.45, 2.75) is 19.8 Å². The number of nitrogens with zero attached hydrogens (tertiary/aromatic N) is 2. The average Bonchev–Trinajstić information content (AvgIpc) is 3.04. The molecule has 2 heterocycles. The standard InChI is InChI=1S/C19H21N3O3/c1-3-13-6-4-5-7-16(13)22-12-14(10-18(22)23)19(24)21-15-8-9-17(25-2)20-11-15/h4-9,11,14H,3,10,12H2,1-2H3,(H,21,24). The molecular weight excluding hydrogens is 318 g/mol. The third-order valence-corrected chi connectivity index (χ3v) is 4.37. The fourth-order valence-corrected chi connectivity index (χ4v) is 3.01. The molecular formula is C19H21N3O3. The summed E-state index contributed by atoms with van der Waals surface area (Å²) in [4.78, 5) is 30.7. The van der Waals surface area contributed by atoms with E-state index in [1.54, 1.807) is 17.0 Å². The zero-order valence-corrected chi connectivity index (χ0v) is 14.4. The maximum Gasteiger partial charge on any atom is 0.229 e. The van der Waals surface area contributed by atoms with Gasteiger partial charge in [0.2, 0.25) is 17.7 Å². The van der Waals surface area contributed by atoms with Gasteiger partial charge in [0.1, 0.15) is 0 Å². The molecule has 2 aromatic rings. The van der Waals surface area contributed by atoms with E-state index < -0.39 is 0 Å². The molecule has 1 atom stereocenters. The van der Waals surface area contributed by atoms with E-state index in [4.69, 9.17) is 4.74 Å². The smallest absolute Gasteiger partial charge is 0.229 e. The molecule has 0 radical (unpaired) electrons. The van der Waals surface area contributed by atoms with Crippen molar-refractivity contribution in [3.05, 3.63) is 48.2 Å². The van der Waals surface area contributed by atoms with Gasteiger partial charge in [-0.15, -0.1) is 0 Å². The van der Waals surface area contributed by atoms with Gasteiger partial charge in [-0.1, -0.05) is 25.1 Å². The van der Waals surface area contributed by atoms with Gasteiger partial charge in [-0.2, -0.15) is 0 Å². The topological polar surface area (TPSA) is 71.5 Å². The van der Waals surface area contributed by atoms with Gasteiger partial charge in [0, 0.05) is 24.7 Å². The number of methoxy groups -OCH3 is 1. The minimum atomic E-state index is -0.375. The lowest BCUT2D eigenvalue weighted by atomic mass is 10.1. The van der Waals surface area contributed by atoms with Gasteiger partial charge in [0.25, 0.3) is 0 Å². The van der Waals surface area contributed by atoms with Gasteiger partial charge in [0.15, 0.2) is 0 Å². The van der Waals surface area contributed by atoms with Crippen LogP contribution in [0.15, 0.2) is 42.6 Å². The number of rotatable bonds is 5. The Morgan fingerprint density at radius 2 is 2.12 bits per heavy atom. The van der Waals surface area contributed by atoms with E-state index in [1.165, 1.54) is 13.3 Å². The van der Waals surface area contributed by atoms with Crippen molar-refractivity contribution in [1.29, 1.82) is 0 Å². The number of anilines is 2. The monoisotopic (exact) mass is 339 g/mol. The molecule has 0 aliphatic carbocycles. The predicted molar refractivity (Wildman–Crippen MR) is 95.7 cm³/mol. The number of aromatic nitrogens is 1. The number of nitrogens with one attached hydrogen (secondary N) is 1. The van der Waals surface area contributed by atoms with Crippen LogP contribution >= 0.6 is 0 Å². The fourth-order valence-electron chi connectivity index (χ4n) is 3.01. The van der Waals surface area contributed by atoms with Crippen molar-refractivity contribution in [1.82, 2.24) is 4.98 Å². The van der Waals surface area contributed by atoms with Crippen LogP contribution in [-0.4, -0.2) is 30.5 Å². The molecule has 1 aromatic heterocycles. The number of aryl methyl sites for hydroxylation is 1. The second kappa shape index (κ2) is 7.34. The molecule has 3 rings (SSSR count). The van der Waals surface area contributed by atoms with Crippen LogP contribution in [0.5, 0.6) is 5.88 Å². The Balaban J connectivity index is 1.70. The van der Waals surface area contributed by atoms with Gasteiger partial charge in [0.05, 0.1) is 24.9 Å². The van der Waals surface area contributed by atoms with Crippen LogP contribution in [0.25, 0.3) is 0 Å². The van der Waals surface area contributed by atoms with Crippen molar-refractivity contribution < 1.29 is 14.3 Å². The first-order valence-electron chi connectivity index (χ1n) is 8.31. The van der Waals surface area contributed by atoms with Gasteiger partial charge in [-0.3, -0.25) is 9.59 Å². The normalized spacial score (nSPS) is 16.8. The number of benzene rings is 1. The number of carbonyl (C=O) groups is 2. The molecule has 1 aliphatic rings. The highest BCUT2D eigenvalue weighted by Gasteiger charge is 2.35. The molecule has 0 spiro atoms. The second-order valence-electron chi connectivity index (χ2n) is 5.97. The number of hydrogen-bond donors (Lipinski definition) is 1. The molecule has 1 unspecified atom stereocenters. The molecule has 0 saturated carbocycles. The predicted octanol–water partition coefficient (Wildman–Crippen LogP) is 2.64. The van der Waals surface area contributed by atoms with Crippen LogP contribution in [0, 0.1) is 5.92 Å². The zero-order chi connectivity index (χ0) is 17.8. The largest absolute Gasteiger partial charge is 0.481 e. The minimum absolute atomic E-state index is 0.0195. The zero-order valence-electron chi connectivity index (χ0n) is 14.4. The third-order valence-electron chi connectivity index (χ3n) is 4.37. The average molecular weight is 339 g/mol. The third kappa shape index (κ3) is 3.63. The Morgan fingerprint density at radius 1 is 1.32 bits per heavy atom. The summed E-state index contributed by atoms with van der Waals surface area (Å²) in [5, 5.41) is 2.82. The molecule has 1 N–H and O–H groups in total. The summed E-state index contributed by atoms with van der Waals surface area (Å²) < 4.78 is 5.00. The summed E-state index contributed by atoms with van der Waals surface area (Å²) in [7, 11) is 1.54. The number of pyridine rings is 1. The van der Waals surface area contributed by atoms with Crippen molar-refractivity contribution in [2.24, 2.45) is 5.92 Å². The number of carbonyl (C=O) groups excluding carboxylic acids is 2. The van der Waals surface area contributed by atoms with Crippen molar-refractivity contribution in [3.63, 3.8) is 0 Å². The summed E-state index contributed by atoms with van der Waals surface area (Å²) in [6.45, 7) is 2.45. The molecule has 1 saturated heterocycles. The summed E-state index contributed by atoms with van der Waals surface area (Å²) in [5.41, 5.74) is 2.60. The van der Waals surface area contributed by atoms with Crippen molar-refractivity contribution in [3.8, 4) is 5.88 Å². The van der Waals surface area contributed by atoms with E-state index in [2.05, 4.69) is 17.2 Å². The van der Waals surface area contributed by atoms with Crippen LogP contribution in [0.1, 0.15) is 18.9 Å². The summed E-state index contributed by atoms with van der Waals surface area (Å²) in [6.07, 6.45) is 2.60. The fraction of sp³-hybridized carbons (Fsp3) is 0.316. The molecule has 130 valence electrons. The highest BCUT2D eigenvalue weighted by atomic mass is 16.5. The lowest BCUT2D eigenvalue weighted by Crippen LogP contribution is -2.28. The minimum Gasteiger partial charge on any atom is -0.481 e. The number of ether oxygens (including phenoxy) is 1. The molecule has 1 fully saturated rings. The number of amides is 2. The quantitative estimate of drug-likeness (QED) is 0.909. The first-order chi connectivity index (χ1) is 12.1. The summed E-state index contributed by atoms with van der Waals surface area (Å²) in [5.74, 6) is -0.0818. The van der Waals surface area contributed by atoms with Crippen LogP contribution in [0.4, 0.5) is 11.4 Å². The van der Waals surface area contributed by atoms with E-state index in [-0.39, 0.29) is 24.2 Å². The summed E-state index contributed by atoms with van der Waals surface area (Å²) >= 11 is 0. The molecule has 1 aromatic carbocycles. The van der Waals surface area contributed by atoms with Crippen LogP contribution < -0.4 is 15.0 Å². The van der Waals surface area contributed by atoms with Crippen LogP contribution in [-0.2, 0) is 16.0 Å². The second-order valence-corrected chi connectivity index (χ2v) is 5.97. The summed E-state index contributed by atoms with van der Waals surface area (Å²) in [6, 6.07) is 11.2. The maximum absolute atomic E-state index is 12.5. The van der Waals surface area contributed by atoms with E-state index in [9.17, 15) is 9.59 Å². The van der Waals surface area contributed by atoms with Gasteiger partial charge in [-0.05, 0) is 24.1 Å². The Labute approximate surface area is 146 Å². The lowest BCUT2D eigenvalue weighted by molar-refractivity contribution is -0.122. The first kappa shape index (κ1) is 17.0. The van der Waals surface area contributed by atoms with E-state index in [0.717, 1.165) is 17.7 Å².